The lowest BCUT2D eigenvalue weighted by molar-refractivity contribution is -0.149. The second-order valence-electron chi connectivity index (χ2n) is 4.34. The number of likely N-dealkylation sites (N-methyl/N-ethyl adjacent to an activating group) is 1. The zero-order valence-electron chi connectivity index (χ0n) is 9.82. The molecule has 1 unspecified atom stereocenters. The summed E-state index contributed by atoms with van der Waals surface area (Å²) in [5.41, 5.74) is 0.153. The molecular weight excluding hydrogens is 246 g/mol. The van der Waals surface area contributed by atoms with E-state index in [0.717, 1.165) is 9.90 Å². The van der Waals surface area contributed by atoms with Crippen LogP contribution in [0.15, 0.2) is 11.4 Å². The van der Waals surface area contributed by atoms with Crippen LogP contribution in [0.3, 0.4) is 0 Å². The second-order valence-corrected chi connectivity index (χ2v) is 5.88. The number of aliphatic carboxylic acids is 1. The van der Waals surface area contributed by atoms with Gasteiger partial charge >= 0.3 is 5.97 Å². The van der Waals surface area contributed by atoms with Gasteiger partial charge in [-0.3, -0.25) is 9.69 Å². The third kappa shape index (κ3) is 2.56. The molecule has 5 heteroatoms. The van der Waals surface area contributed by atoms with E-state index in [9.17, 15) is 4.79 Å². The molecule has 1 heterocycles. The maximum atomic E-state index is 11.1. The van der Waals surface area contributed by atoms with Crippen molar-refractivity contribution in [3.05, 3.63) is 21.3 Å². The number of carboxylic acids is 1. The van der Waals surface area contributed by atoms with E-state index in [0.29, 0.717) is 0 Å². The van der Waals surface area contributed by atoms with E-state index < -0.39 is 11.5 Å². The van der Waals surface area contributed by atoms with Gasteiger partial charge in [0, 0.05) is 6.04 Å². The van der Waals surface area contributed by atoms with Crippen LogP contribution in [0.4, 0.5) is 0 Å². The van der Waals surface area contributed by atoms with Crippen LogP contribution in [-0.2, 0) is 4.79 Å². The van der Waals surface area contributed by atoms with Crippen LogP contribution in [0.2, 0.25) is 4.34 Å². The molecule has 1 N–H and O–H groups in total. The molecule has 16 heavy (non-hydrogen) atoms. The van der Waals surface area contributed by atoms with Gasteiger partial charge in [-0.25, -0.2) is 0 Å². The van der Waals surface area contributed by atoms with Gasteiger partial charge in [0.05, 0.1) is 4.34 Å². The van der Waals surface area contributed by atoms with Gasteiger partial charge in [-0.15, -0.1) is 11.3 Å². The SMILES string of the molecule is CC(c1csc(Cl)c1)N(C)C(C)(C)C(=O)O. The number of halogens is 1. The lowest BCUT2D eigenvalue weighted by atomic mass is 10.00. The van der Waals surface area contributed by atoms with E-state index >= 15 is 0 Å². The maximum Gasteiger partial charge on any atom is 0.323 e. The highest BCUT2D eigenvalue weighted by Crippen LogP contribution is 2.31. The fourth-order valence-corrected chi connectivity index (χ4v) is 2.38. The summed E-state index contributed by atoms with van der Waals surface area (Å²) in [6.45, 7) is 5.36. The molecular formula is C11H16ClNO2S. The predicted molar refractivity (Wildman–Crippen MR) is 67.2 cm³/mol. The quantitative estimate of drug-likeness (QED) is 0.904. The lowest BCUT2D eigenvalue weighted by Crippen LogP contribution is -2.48. The standard InChI is InChI=1S/C11H16ClNO2S/c1-7(8-5-9(12)16-6-8)13(4)11(2,3)10(14)15/h5-7H,1-4H3,(H,14,15). The molecule has 3 nitrogen and oxygen atoms in total. The van der Waals surface area contributed by atoms with Crippen LogP contribution in [0, 0.1) is 0 Å². The zero-order chi connectivity index (χ0) is 12.5. The first-order valence-corrected chi connectivity index (χ1v) is 6.23. The number of thiophene rings is 1. The van der Waals surface area contributed by atoms with Gasteiger partial charge in [-0.1, -0.05) is 11.6 Å². The minimum atomic E-state index is -0.895. The highest BCUT2D eigenvalue weighted by Gasteiger charge is 2.35. The summed E-state index contributed by atoms with van der Waals surface area (Å²) in [6, 6.07) is 1.90. The van der Waals surface area contributed by atoms with Crippen LogP contribution >= 0.6 is 22.9 Å². The third-order valence-electron chi connectivity index (χ3n) is 3.06. The molecule has 0 aliphatic heterocycles. The van der Waals surface area contributed by atoms with E-state index in [1.807, 2.05) is 30.3 Å². The Hall–Kier alpha value is -0.580. The van der Waals surface area contributed by atoms with Crippen molar-refractivity contribution in [1.82, 2.24) is 4.90 Å². The molecule has 0 spiro atoms. The van der Waals surface area contributed by atoms with Gasteiger partial charge in [-0.2, -0.15) is 0 Å². The molecule has 0 fully saturated rings. The first-order chi connectivity index (χ1) is 7.26. The average Bonchev–Trinajstić information content (AvgIpc) is 2.62. The predicted octanol–water partition coefficient (Wildman–Crippen LogP) is 3.26. The Bertz CT molecular complexity index is 389. The smallest absolute Gasteiger partial charge is 0.323 e. The molecule has 1 aromatic heterocycles. The van der Waals surface area contributed by atoms with Crippen molar-refractivity contribution < 1.29 is 9.90 Å². The number of nitrogens with zero attached hydrogens (tertiary/aromatic N) is 1. The molecule has 1 rings (SSSR count). The Morgan fingerprint density at radius 2 is 2.19 bits per heavy atom. The Kier molecular flexibility index (Phi) is 3.99. The number of rotatable bonds is 4. The Labute approximate surface area is 105 Å². The topological polar surface area (TPSA) is 40.5 Å². The van der Waals surface area contributed by atoms with Crippen molar-refractivity contribution in [2.24, 2.45) is 0 Å². The Morgan fingerprint density at radius 1 is 1.62 bits per heavy atom. The third-order valence-corrected chi connectivity index (χ3v) is 4.17. The molecule has 0 bridgehead atoms. The zero-order valence-corrected chi connectivity index (χ0v) is 11.4. The number of carbonyl (C=O) groups is 1. The summed E-state index contributed by atoms with van der Waals surface area (Å²) >= 11 is 7.33. The van der Waals surface area contributed by atoms with Crippen LogP contribution < -0.4 is 0 Å². The van der Waals surface area contributed by atoms with Gasteiger partial charge in [0.25, 0.3) is 0 Å². The number of carboxylic acid groups (broad SMARTS) is 1. The first kappa shape index (κ1) is 13.5. The van der Waals surface area contributed by atoms with Gasteiger partial charge < -0.3 is 5.11 Å². The lowest BCUT2D eigenvalue weighted by Gasteiger charge is -2.36. The molecule has 1 atom stereocenters. The van der Waals surface area contributed by atoms with E-state index in [1.165, 1.54) is 11.3 Å². The van der Waals surface area contributed by atoms with Crippen molar-refractivity contribution >= 4 is 28.9 Å². The summed E-state index contributed by atoms with van der Waals surface area (Å²) in [5, 5.41) is 11.1. The molecule has 90 valence electrons. The number of hydrogen-bond acceptors (Lipinski definition) is 3. The fraction of sp³-hybridized carbons (Fsp3) is 0.545. The molecule has 0 amide bonds. The molecule has 0 radical (unpaired) electrons. The van der Waals surface area contributed by atoms with Crippen LogP contribution in [-0.4, -0.2) is 28.6 Å². The minimum absolute atomic E-state index is 0.0230. The highest BCUT2D eigenvalue weighted by molar-refractivity contribution is 7.14. The van der Waals surface area contributed by atoms with E-state index in [4.69, 9.17) is 16.7 Å². The van der Waals surface area contributed by atoms with Crippen molar-refractivity contribution in [2.45, 2.75) is 32.4 Å². The van der Waals surface area contributed by atoms with Crippen molar-refractivity contribution in [3.8, 4) is 0 Å². The van der Waals surface area contributed by atoms with Gasteiger partial charge in [0.2, 0.25) is 0 Å². The van der Waals surface area contributed by atoms with Crippen LogP contribution in [0.1, 0.15) is 32.4 Å². The summed E-state index contributed by atoms with van der Waals surface area (Å²) in [6.07, 6.45) is 0. The number of hydrogen-bond donors (Lipinski definition) is 1. The second kappa shape index (κ2) is 4.73. The molecule has 0 aliphatic carbocycles. The van der Waals surface area contributed by atoms with Gasteiger partial charge in [0.1, 0.15) is 5.54 Å². The van der Waals surface area contributed by atoms with Crippen molar-refractivity contribution in [1.29, 1.82) is 0 Å². The molecule has 0 aromatic carbocycles. The summed E-state index contributed by atoms with van der Waals surface area (Å²) in [7, 11) is 1.81. The molecule has 0 saturated heterocycles. The average molecular weight is 262 g/mol. The summed E-state index contributed by atoms with van der Waals surface area (Å²) in [4.78, 5) is 13.0. The molecule has 0 aliphatic rings. The Balaban J connectivity index is 2.90. The molecule has 1 aromatic rings. The summed E-state index contributed by atoms with van der Waals surface area (Å²) in [5.74, 6) is -0.830. The monoisotopic (exact) mass is 261 g/mol. The summed E-state index contributed by atoms with van der Waals surface area (Å²) < 4.78 is 0.725. The van der Waals surface area contributed by atoms with Crippen LogP contribution in [0.25, 0.3) is 0 Å². The van der Waals surface area contributed by atoms with Gasteiger partial charge in [-0.05, 0) is 44.8 Å². The van der Waals surface area contributed by atoms with Gasteiger partial charge in [0.15, 0.2) is 0 Å². The highest BCUT2D eigenvalue weighted by atomic mass is 35.5. The van der Waals surface area contributed by atoms with Crippen molar-refractivity contribution in [2.75, 3.05) is 7.05 Å². The normalized spacial score (nSPS) is 14.1. The first-order valence-electron chi connectivity index (χ1n) is 4.97. The fourth-order valence-electron chi connectivity index (χ4n) is 1.40. The van der Waals surface area contributed by atoms with E-state index in [2.05, 4.69) is 0 Å². The van der Waals surface area contributed by atoms with Crippen LogP contribution in [0.5, 0.6) is 0 Å². The maximum absolute atomic E-state index is 11.1. The Morgan fingerprint density at radius 3 is 2.56 bits per heavy atom. The van der Waals surface area contributed by atoms with E-state index in [1.54, 1.807) is 13.8 Å². The minimum Gasteiger partial charge on any atom is -0.480 e. The molecule has 0 saturated carbocycles. The van der Waals surface area contributed by atoms with E-state index in [-0.39, 0.29) is 6.04 Å². The van der Waals surface area contributed by atoms with Crippen molar-refractivity contribution in [3.63, 3.8) is 0 Å². The largest absolute Gasteiger partial charge is 0.480 e.